The van der Waals surface area contributed by atoms with E-state index in [-0.39, 0.29) is 23.2 Å². The lowest BCUT2D eigenvalue weighted by Gasteiger charge is -2.25. The topological polar surface area (TPSA) is 112 Å². The number of Topliss-reactive ketones (excluding diaryl/α,β-unsaturated/α-hetero) is 1. The van der Waals surface area contributed by atoms with E-state index in [9.17, 15) is 4.79 Å². The predicted molar refractivity (Wildman–Crippen MR) is 115 cm³/mol. The molecule has 0 saturated carbocycles. The van der Waals surface area contributed by atoms with Crippen molar-refractivity contribution in [2.24, 2.45) is 13.0 Å². The lowest BCUT2D eigenvalue weighted by Crippen LogP contribution is -2.47. The van der Waals surface area contributed by atoms with E-state index < -0.39 is 0 Å². The lowest BCUT2D eigenvalue weighted by atomic mass is 9.95. The summed E-state index contributed by atoms with van der Waals surface area (Å²) in [5.74, 6) is -0.148. The van der Waals surface area contributed by atoms with Crippen molar-refractivity contribution in [3.8, 4) is 22.6 Å². The van der Waals surface area contributed by atoms with E-state index in [1.807, 2.05) is 37.5 Å². The van der Waals surface area contributed by atoms with Gasteiger partial charge in [0.1, 0.15) is 17.1 Å². The Balaban J connectivity index is 1.75. The van der Waals surface area contributed by atoms with Gasteiger partial charge in [0, 0.05) is 49.4 Å². The summed E-state index contributed by atoms with van der Waals surface area (Å²) in [4.78, 5) is 26.5. The van der Waals surface area contributed by atoms with Crippen LogP contribution in [0.2, 0.25) is 5.02 Å². The second-order valence-corrected chi connectivity index (χ2v) is 7.69. The van der Waals surface area contributed by atoms with E-state index in [0.29, 0.717) is 40.7 Å². The maximum absolute atomic E-state index is 12.9. The third kappa shape index (κ3) is 3.10. The number of fused-ring (bicyclic) bond motifs is 1. The van der Waals surface area contributed by atoms with Gasteiger partial charge in [-0.25, -0.2) is 9.97 Å². The molecule has 0 atom stereocenters. The molecule has 8 nitrogen and oxygen atoms in total. The fraction of sp³-hybridized carbons (Fsp3) is 0.190. The second kappa shape index (κ2) is 7.16. The summed E-state index contributed by atoms with van der Waals surface area (Å²) >= 11 is 6.50. The molecule has 3 N–H and O–H groups in total. The van der Waals surface area contributed by atoms with Crippen molar-refractivity contribution in [1.82, 2.24) is 30.0 Å². The summed E-state index contributed by atoms with van der Waals surface area (Å²) in [7, 11) is 1.82. The van der Waals surface area contributed by atoms with Crippen LogP contribution in [0.3, 0.4) is 0 Å². The highest BCUT2D eigenvalue weighted by molar-refractivity contribution is 6.35. The van der Waals surface area contributed by atoms with Crippen molar-refractivity contribution in [2.75, 3.05) is 18.8 Å². The third-order valence-corrected chi connectivity index (χ3v) is 5.48. The second-order valence-electron chi connectivity index (χ2n) is 7.28. The van der Waals surface area contributed by atoms with Gasteiger partial charge in [0.25, 0.3) is 0 Å². The molecule has 4 heterocycles. The minimum Gasteiger partial charge on any atom is -0.382 e. The summed E-state index contributed by atoms with van der Waals surface area (Å²) in [5, 5.41) is 8.90. The number of anilines is 1. The number of nitrogens with zero attached hydrogens (tertiary/aromatic N) is 5. The first kappa shape index (κ1) is 18.7. The van der Waals surface area contributed by atoms with E-state index >= 15 is 0 Å². The van der Waals surface area contributed by atoms with Crippen LogP contribution in [0.25, 0.3) is 33.5 Å². The number of pyridine rings is 1. The standard InChI is InChI=1S/C21H18ClN7O/c1-29-6-4-15(28-29)18-17(12-7-11-3-2-5-25-16(11)14(22)8-12)26-19(21(23)27-18)20(30)13-9-24-10-13/h2-8,13,24H,9-10H2,1H3,(H2,23,27). The third-order valence-electron chi connectivity index (χ3n) is 5.20. The average molecular weight is 420 g/mol. The fourth-order valence-corrected chi connectivity index (χ4v) is 3.78. The summed E-state index contributed by atoms with van der Waals surface area (Å²) in [6, 6.07) is 9.31. The first-order valence-corrected chi connectivity index (χ1v) is 9.86. The van der Waals surface area contributed by atoms with E-state index in [0.717, 1.165) is 10.9 Å². The zero-order valence-electron chi connectivity index (χ0n) is 16.1. The van der Waals surface area contributed by atoms with Gasteiger partial charge in [-0.1, -0.05) is 17.7 Å². The molecule has 5 rings (SSSR count). The minimum absolute atomic E-state index is 0.102. The van der Waals surface area contributed by atoms with E-state index in [4.69, 9.17) is 17.3 Å². The molecule has 1 fully saturated rings. The van der Waals surface area contributed by atoms with Crippen LogP contribution in [-0.4, -0.2) is 43.6 Å². The molecule has 1 aromatic carbocycles. The SMILES string of the molecule is Cn1ccc(-c2nc(N)c(C(=O)C3CNC3)nc2-c2cc(Cl)c3ncccc3c2)n1. The Hall–Kier alpha value is -3.36. The molecule has 0 radical (unpaired) electrons. The van der Waals surface area contributed by atoms with Crippen molar-refractivity contribution >= 4 is 34.1 Å². The zero-order chi connectivity index (χ0) is 20.8. The highest BCUT2D eigenvalue weighted by atomic mass is 35.5. The summed E-state index contributed by atoms with van der Waals surface area (Å²) in [5.41, 5.74) is 9.37. The first-order chi connectivity index (χ1) is 14.5. The van der Waals surface area contributed by atoms with Gasteiger partial charge in [-0.2, -0.15) is 5.10 Å². The molecule has 0 bridgehead atoms. The van der Waals surface area contributed by atoms with Gasteiger partial charge in [0.05, 0.1) is 16.2 Å². The summed E-state index contributed by atoms with van der Waals surface area (Å²) in [6.45, 7) is 1.23. The Labute approximate surface area is 177 Å². The number of rotatable bonds is 4. The molecule has 150 valence electrons. The zero-order valence-corrected chi connectivity index (χ0v) is 16.9. The van der Waals surface area contributed by atoms with E-state index in [1.54, 1.807) is 16.9 Å². The highest BCUT2D eigenvalue weighted by Gasteiger charge is 2.30. The summed E-state index contributed by atoms with van der Waals surface area (Å²) < 4.78 is 1.67. The van der Waals surface area contributed by atoms with Gasteiger partial charge in [0.15, 0.2) is 11.6 Å². The van der Waals surface area contributed by atoms with E-state index in [2.05, 4.69) is 25.4 Å². The number of ketones is 1. The molecule has 4 aromatic rings. The predicted octanol–water partition coefficient (Wildman–Crippen LogP) is 2.73. The molecule has 0 amide bonds. The molecule has 0 unspecified atom stereocenters. The van der Waals surface area contributed by atoms with Crippen LogP contribution in [0.5, 0.6) is 0 Å². The Kier molecular flexibility index (Phi) is 4.45. The lowest BCUT2D eigenvalue weighted by molar-refractivity contribution is 0.0873. The van der Waals surface area contributed by atoms with Gasteiger partial charge in [-0.05, 0) is 24.3 Å². The number of carbonyl (C=O) groups is 1. The van der Waals surface area contributed by atoms with E-state index in [1.165, 1.54) is 0 Å². The number of nitrogen functional groups attached to an aromatic ring is 1. The highest BCUT2D eigenvalue weighted by Crippen LogP contribution is 2.34. The first-order valence-electron chi connectivity index (χ1n) is 9.48. The van der Waals surface area contributed by atoms with Gasteiger partial charge in [-0.15, -0.1) is 0 Å². The molecular formula is C21H18ClN7O. The van der Waals surface area contributed by atoms with Crippen LogP contribution in [0.1, 0.15) is 10.5 Å². The van der Waals surface area contributed by atoms with Crippen LogP contribution in [-0.2, 0) is 7.05 Å². The smallest absolute Gasteiger partial charge is 0.190 e. The van der Waals surface area contributed by atoms with Crippen LogP contribution < -0.4 is 11.1 Å². The fourth-order valence-electron chi connectivity index (χ4n) is 3.50. The van der Waals surface area contributed by atoms with Crippen LogP contribution >= 0.6 is 11.6 Å². The molecular weight excluding hydrogens is 402 g/mol. The number of hydrogen-bond donors (Lipinski definition) is 2. The van der Waals surface area contributed by atoms with Crippen molar-refractivity contribution in [3.63, 3.8) is 0 Å². The number of halogens is 1. The van der Waals surface area contributed by atoms with Crippen molar-refractivity contribution in [1.29, 1.82) is 0 Å². The Morgan fingerprint density at radius 2 is 2.07 bits per heavy atom. The largest absolute Gasteiger partial charge is 0.382 e. The quantitative estimate of drug-likeness (QED) is 0.489. The van der Waals surface area contributed by atoms with Crippen LogP contribution in [0.4, 0.5) is 5.82 Å². The molecule has 1 aliphatic heterocycles. The Bertz CT molecular complexity index is 1300. The maximum atomic E-state index is 12.9. The van der Waals surface area contributed by atoms with Gasteiger partial charge in [0.2, 0.25) is 0 Å². The number of benzene rings is 1. The number of hydrogen-bond acceptors (Lipinski definition) is 7. The molecule has 1 aliphatic rings. The van der Waals surface area contributed by atoms with Crippen LogP contribution in [0, 0.1) is 5.92 Å². The molecule has 30 heavy (non-hydrogen) atoms. The van der Waals surface area contributed by atoms with Crippen LogP contribution in [0.15, 0.2) is 42.7 Å². The van der Waals surface area contributed by atoms with Crippen molar-refractivity contribution in [2.45, 2.75) is 0 Å². The van der Waals surface area contributed by atoms with Gasteiger partial charge < -0.3 is 11.1 Å². The monoisotopic (exact) mass is 419 g/mol. The molecule has 3 aromatic heterocycles. The maximum Gasteiger partial charge on any atom is 0.190 e. The number of nitrogens with one attached hydrogen (secondary N) is 1. The number of aryl methyl sites for hydroxylation is 1. The minimum atomic E-state index is -0.139. The summed E-state index contributed by atoms with van der Waals surface area (Å²) in [6.07, 6.45) is 3.51. The molecule has 9 heteroatoms. The van der Waals surface area contributed by atoms with Gasteiger partial charge >= 0.3 is 0 Å². The molecule has 0 aliphatic carbocycles. The normalized spacial score (nSPS) is 14.1. The number of aromatic nitrogens is 5. The van der Waals surface area contributed by atoms with Crippen molar-refractivity contribution < 1.29 is 4.79 Å². The number of nitrogens with two attached hydrogens (primary N) is 1. The Morgan fingerprint density at radius 1 is 1.23 bits per heavy atom. The molecule has 1 saturated heterocycles. The number of carbonyl (C=O) groups excluding carboxylic acids is 1. The molecule has 0 spiro atoms. The Morgan fingerprint density at radius 3 is 2.77 bits per heavy atom. The average Bonchev–Trinajstić information content (AvgIpc) is 3.12. The van der Waals surface area contributed by atoms with Crippen molar-refractivity contribution in [3.05, 3.63) is 53.4 Å². The van der Waals surface area contributed by atoms with Gasteiger partial charge in [-0.3, -0.25) is 14.5 Å².